The van der Waals surface area contributed by atoms with E-state index < -0.39 is 0 Å². The molecular formula is C7H14Cl2N4. The van der Waals surface area contributed by atoms with Crippen molar-refractivity contribution in [1.82, 2.24) is 14.7 Å². The van der Waals surface area contributed by atoms with E-state index in [4.69, 9.17) is 5.73 Å². The predicted octanol–water partition coefficient (Wildman–Crippen LogP) is 0.754. The average molecular weight is 225 g/mol. The summed E-state index contributed by atoms with van der Waals surface area (Å²) in [6.07, 6.45) is 1.73. The highest BCUT2D eigenvalue weighted by atomic mass is 35.5. The van der Waals surface area contributed by atoms with Crippen LogP contribution >= 0.6 is 24.8 Å². The maximum Gasteiger partial charge on any atom is 0.0754 e. The number of hydrogen-bond donors (Lipinski definition) is 1. The molecule has 2 rings (SSSR count). The third-order valence-corrected chi connectivity index (χ3v) is 2.09. The van der Waals surface area contributed by atoms with Crippen LogP contribution in [0.4, 0.5) is 5.69 Å². The van der Waals surface area contributed by atoms with Crippen molar-refractivity contribution in [2.75, 3.05) is 19.3 Å². The van der Waals surface area contributed by atoms with E-state index in [9.17, 15) is 0 Å². The van der Waals surface area contributed by atoms with Gasteiger partial charge in [0.05, 0.1) is 24.1 Å². The lowest BCUT2D eigenvalue weighted by Gasteiger charge is -2.23. The standard InChI is InChI=1S/C7H12N4.2ClH/c1-10-2-3-11-7(5-10)6(8)4-9-11;;/h4H,2-3,5,8H2,1H3;2*1H. The van der Waals surface area contributed by atoms with E-state index in [1.54, 1.807) is 6.20 Å². The number of nitrogens with two attached hydrogens (primary N) is 1. The summed E-state index contributed by atoms with van der Waals surface area (Å²) in [7, 11) is 2.09. The first-order chi connectivity index (χ1) is 5.27. The maximum atomic E-state index is 5.71. The molecule has 0 fully saturated rings. The van der Waals surface area contributed by atoms with Crippen molar-refractivity contribution in [2.24, 2.45) is 0 Å². The molecule has 2 N–H and O–H groups in total. The van der Waals surface area contributed by atoms with E-state index in [0.717, 1.165) is 31.0 Å². The number of nitrogen functional groups attached to an aromatic ring is 1. The van der Waals surface area contributed by atoms with Crippen molar-refractivity contribution in [3.8, 4) is 0 Å². The quantitative estimate of drug-likeness (QED) is 0.708. The van der Waals surface area contributed by atoms with Gasteiger partial charge in [0.1, 0.15) is 0 Å². The molecule has 1 aromatic heterocycles. The topological polar surface area (TPSA) is 47.1 Å². The van der Waals surface area contributed by atoms with Crippen LogP contribution in [0, 0.1) is 0 Å². The molecule has 0 spiro atoms. The van der Waals surface area contributed by atoms with Crippen molar-refractivity contribution >= 4 is 30.5 Å². The lowest BCUT2D eigenvalue weighted by Crippen LogP contribution is -2.30. The summed E-state index contributed by atoms with van der Waals surface area (Å²) in [6, 6.07) is 0. The second kappa shape index (κ2) is 4.69. The molecule has 1 aliphatic rings. The first-order valence-corrected chi connectivity index (χ1v) is 3.76. The van der Waals surface area contributed by atoms with Gasteiger partial charge in [-0.25, -0.2) is 0 Å². The molecule has 6 heteroatoms. The summed E-state index contributed by atoms with van der Waals surface area (Å²) in [5.41, 5.74) is 7.68. The Morgan fingerprint density at radius 2 is 2.08 bits per heavy atom. The lowest BCUT2D eigenvalue weighted by atomic mass is 10.3. The van der Waals surface area contributed by atoms with Crippen LogP contribution in [0.2, 0.25) is 0 Å². The maximum absolute atomic E-state index is 5.71. The summed E-state index contributed by atoms with van der Waals surface area (Å²) in [4.78, 5) is 2.24. The molecular weight excluding hydrogens is 211 g/mol. The number of rotatable bonds is 0. The van der Waals surface area contributed by atoms with Crippen molar-refractivity contribution in [2.45, 2.75) is 13.1 Å². The first-order valence-electron chi connectivity index (χ1n) is 3.76. The molecule has 13 heavy (non-hydrogen) atoms. The molecule has 76 valence electrons. The fourth-order valence-electron chi connectivity index (χ4n) is 1.39. The van der Waals surface area contributed by atoms with Crippen LogP contribution in [-0.4, -0.2) is 28.3 Å². The first kappa shape index (κ1) is 12.5. The van der Waals surface area contributed by atoms with Gasteiger partial charge in [-0.2, -0.15) is 5.10 Å². The van der Waals surface area contributed by atoms with Gasteiger partial charge in [0.25, 0.3) is 0 Å². The average Bonchev–Trinajstić information content (AvgIpc) is 2.33. The van der Waals surface area contributed by atoms with E-state index in [0.29, 0.717) is 0 Å². The van der Waals surface area contributed by atoms with Crippen LogP contribution in [0.1, 0.15) is 5.69 Å². The molecule has 1 aromatic rings. The van der Waals surface area contributed by atoms with Crippen molar-refractivity contribution < 1.29 is 0 Å². The smallest absolute Gasteiger partial charge is 0.0754 e. The van der Waals surface area contributed by atoms with Gasteiger partial charge in [-0.05, 0) is 7.05 Å². The Labute approximate surface area is 89.9 Å². The van der Waals surface area contributed by atoms with Crippen molar-refractivity contribution in [1.29, 1.82) is 0 Å². The SMILES string of the molecule is CN1CCn2ncc(N)c2C1.Cl.Cl. The molecule has 0 bridgehead atoms. The minimum atomic E-state index is 0. The number of fused-ring (bicyclic) bond motifs is 1. The summed E-state index contributed by atoms with van der Waals surface area (Å²) in [5, 5.41) is 4.16. The number of nitrogens with zero attached hydrogens (tertiary/aromatic N) is 3. The van der Waals surface area contributed by atoms with Crippen LogP contribution in [0.5, 0.6) is 0 Å². The van der Waals surface area contributed by atoms with Crippen LogP contribution < -0.4 is 5.73 Å². The molecule has 2 heterocycles. The minimum Gasteiger partial charge on any atom is -0.396 e. The van der Waals surface area contributed by atoms with Crippen LogP contribution in [0.3, 0.4) is 0 Å². The summed E-state index contributed by atoms with van der Waals surface area (Å²) >= 11 is 0. The van der Waals surface area contributed by atoms with Crippen molar-refractivity contribution in [3.05, 3.63) is 11.9 Å². The van der Waals surface area contributed by atoms with Gasteiger partial charge < -0.3 is 5.73 Å². The van der Waals surface area contributed by atoms with Gasteiger partial charge in [0.2, 0.25) is 0 Å². The van der Waals surface area contributed by atoms with Gasteiger partial charge in [-0.1, -0.05) is 0 Å². The van der Waals surface area contributed by atoms with E-state index in [1.807, 2.05) is 4.68 Å². The Morgan fingerprint density at radius 1 is 1.38 bits per heavy atom. The summed E-state index contributed by atoms with van der Waals surface area (Å²) < 4.78 is 1.98. The zero-order chi connectivity index (χ0) is 7.84. The van der Waals surface area contributed by atoms with Crippen LogP contribution in [-0.2, 0) is 13.1 Å². The van der Waals surface area contributed by atoms with Gasteiger partial charge in [-0.15, -0.1) is 24.8 Å². The Kier molecular flexibility index (Phi) is 4.53. The zero-order valence-electron chi connectivity index (χ0n) is 7.43. The number of hydrogen-bond acceptors (Lipinski definition) is 3. The Balaban J connectivity index is 0.000000720. The third kappa shape index (κ3) is 2.27. The van der Waals surface area contributed by atoms with Crippen LogP contribution in [0.15, 0.2) is 6.20 Å². The van der Waals surface area contributed by atoms with Gasteiger partial charge in [-0.3, -0.25) is 9.58 Å². The van der Waals surface area contributed by atoms with Crippen LogP contribution in [0.25, 0.3) is 0 Å². The lowest BCUT2D eigenvalue weighted by molar-refractivity contribution is 0.259. The number of anilines is 1. The highest BCUT2D eigenvalue weighted by molar-refractivity contribution is 5.85. The molecule has 1 aliphatic heterocycles. The van der Waals surface area contributed by atoms with E-state index in [1.165, 1.54) is 0 Å². The largest absolute Gasteiger partial charge is 0.396 e. The molecule has 0 saturated heterocycles. The molecule has 4 nitrogen and oxygen atoms in total. The van der Waals surface area contributed by atoms with Gasteiger partial charge in [0.15, 0.2) is 0 Å². The van der Waals surface area contributed by atoms with Gasteiger partial charge >= 0.3 is 0 Å². The fourth-order valence-corrected chi connectivity index (χ4v) is 1.39. The molecule has 0 amide bonds. The Bertz CT molecular complexity index is 273. The normalized spacial score (nSPS) is 15.5. The van der Waals surface area contributed by atoms with Crippen molar-refractivity contribution in [3.63, 3.8) is 0 Å². The molecule has 0 unspecified atom stereocenters. The van der Waals surface area contributed by atoms with E-state index >= 15 is 0 Å². The number of likely N-dealkylation sites (N-methyl/N-ethyl adjacent to an activating group) is 1. The molecule has 0 aliphatic carbocycles. The van der Waals surface area contributed by atoms with Gasteiger partial charge in [0, 0.05) is 13.1 Å². The summed E-state index contributed by atoms with van der Waals surface area (Å²) in [6.45, 7) is 2.95. The second-order valence-electron chi connectivity index (χ2n) is 3.01. The molecule has 0 atom stereocenters. The zero-order valence-corrected chi connectivity index (χ0v) is 9.07. The predicted molar refractivity (Wildman–Crippen MR) is 57.5 cm³/mol. The molecule has 0 saturated carbocycles. The number of halogens is 2. The monoisotopic (exact) mass is 224 g/mol. The minimum absolute atomic E-state index is 0. The van der Waals surface area contributed by atoms with E-state index in [2.05, 4.69) is 17.0 Å². The number of aromatic nitrogens is 2. The fraction of sp³-hybridized carbons (Fsp3) is 0.571. The highest BCUT2D eigenvalue weighted by Crippen LogP contribution is 2.16. The molecule has 0 aromatic carbocycles. The highest BCUT2D eigenvalue weighted by Gasteiger charge is 2.15. The molecule has 0 radical (unpaired) electrons. The Hall–Kier alpha value is -0.450. The third-order valence-electron chi connectivity index (χ3n) is 2.09. The second-order valence-corrected chi connectivity index (χ2v) is 3.01. The summed E-state index contributed by atoms with van der Waals surface area (Å²) in [5.74, 6) is 0. The Morgan fingerprint density at radius 3 is 2.77 bits per heavy atom. The van der Waals surface area contributed by atoms with E-state index in [-0.39, 0.29) is 24.8 Å².